The summed E-state index contributed by atoms with van der Waals surface area (Å²) in [6, 6.07) is 12.6. The van der Waals surface area contributed by atoms with Crippen LogP contribution in [0.2, 0.25) is 0 Å². The van der Waals surface area contributed by atoms with Crippen molar-refractivity contribution in [2.45, 2.75) is 52.1 Å². The summed E-state index contributed by atoms with van der Waals surface area (Å²) in [6.07, 6.45) is 2.94. The zero-order valence-electron chi connectivity index (χ0n) is 24.1. The molecule has 9 nitrogen and oxygen atoms in total. The standard InChI is InChI=1S/C30H38N4O5.ClH/c1-7-31(8-2)21-16-17-32(18-21)34-29(30(36)37)26(23-13-10-9-12-22(23)20(3)4)28(33(34)19-35)27-24(38-5)14-11-15-25(27)39-6;/h9-15,20-21,28H,7-8,16-18H2,1-6H3;1H/p+1. The summed E-state index contributed by atoms with van der Waals surface area (Å²) in [5, 5.41) is 14.2. The maximum atomic E-state index is 13.2. The van der Waals surface area contributed by atoms with Crippen molar-refractivity contribution in [3.8, 4) is 11.5 Å². The van der Waals surface area contributed by atoms with E-state index < -0.39 is 12.0 Å². The maximum absolute atomic E-state index is 13.2. The summed E-state index contributed by atoms with van der Waals surface area (Å²) in [6.45, 7) is 11.4. The van der Waals surface area contributed by atoms with Crippen LogP contribution in [-0.4, -0.2) is 83.3 Å². The summed E-state index contributed by atoms with van der Waals surface area (Å²) >= 11 is 0. The van der Waals surface area contributed by atoms with Gasteiger partial charge in [0.2, 0.25) is 5.70 Å². The van der Waals surface area contributed by atoms with Crippen molar-refractivity contribution in [3.63, 3.8) is 0 Å². The molecule has 0 radical (unpaired) electrons. The number of hydrazone groups is 1. The fourth-order valence-electron chi connectivity index (χ4n) is 6.02. The zero-order valence-corrected chi connectivity index (χ0v) is 24.9. The molecular weight excluding hydrogens is 532 g/mol. The Morgan fingerprint density at radius 3 is 2.25 bits per heavy atom. The highest BCUT2D eigenvalue weighted by Crippen LogP contribution is 2.50. The second kappa shape index (κ2) is 13.3. The number of carbonyl (C=O) groups excluding carboxylic acids is 1. The first-order valence-electron chi connectivity index (χ1n) is 13.6. The third kappa shape index (κ3) is 5.47. The van der Waals surface area contributed by atoms with Crippen molar-refractivity contribution in [1.82, 2.24) is 15.0 Å². The van der Waals surface area contributed by atoms with Gasteiger partial charge in [-0.3, -0.25) is 4.90 Å². The Morgan fingerprint density at radius 1 is 1.10 bits per heavy atom. The lowest BCUT2D eigenvalue weighted by Gasteiger charge is -2.28. The minimum absolute atomic E-state index is 0. The largest absolute Gasteiger partial charge is 0.496 e. The molecule has 0 aliphatic carbocycles. The van der Waals surface area contributed by atoms with Gasteiger partial charge in [0.25, 0.3) is 6.04 Å². The molecule has 2 aliphatic rings. The topological polar surface area (TPSA) is 85.6 Å². The molecule has 40 heavy (non-hydrogen) atoms. The Morgan fingerprint density at radius 2 is 1.73 bits per heavy atom. The van der Waals surface area contributed by atoms with Crippen molar-refractivity contribution in [1.29, 1.82) is 0 Å². The van der Waals surface area contributed by atoms with Crippen molar-refractivity contribution >= 4 is 30.0 Å². The first-order chi connectivity index (χ1) is 18.8. The summed E-state index contributed by atoms with van der Waals surface area (Å²) < 4.78 is 12.8. The van der Waals surface area contributed by atoms with Gasteiger partial charge in [-0.1, -0.05) is 63.1 Å². The number of isocyanates is 1. The third-order valence-electron chi connectivity index (χ3n) is 7.82. The van der Waals surface area contributed by atoms with E-state index in [0.717, 1.165) is 30.6 Å². The van der Waals surface area contributed by atoms with E-state index in [1.165, 1.54) is 9.80 Å². The van der Waals surface area contributed by atoms with Gasteiger partial charge in [0.05, 0.1) is 19.8 Å². The highest BCUT2D eigenvalue weighted by atomic mass is 35.5. The fraction of sp³-hybridized carbons (Fsp3) is 0.467. The quantitative estimate of drug-likeness (QED) is 0.325. The fourth-order valence-corrected chi connectivity index (χ4v) is 6.02. The molecule has 2 aromatic carbocycles. The van der Waals surface area contributed by atoms with E-state index in [9.17, 15) is 14.7 Å². The normalized spacial score (nSPS) is 19.3. The number of hydrogen-bond donors (Lipinski definition) is 1. The van der Waals surface area contributed by atoms with Crippen LogP contribution in [0.1, 0.15) is 62.8 Å². The van der Waals surface area contributed by atoms with Gasteiger partial charge in [0.15, 0.2) is 0 Å². The number of aliphatic carboxylic acids is 1. The second-order valence-corrected chi connectivity index (χ2v) is 10.1. The lowest BCUT2D eigenvalue weighted by molar-refractivity contribution is -0.726. The highest BCUT2D eigenvalue weighted by Gasteiger charge is 2.55. The predicted molar refractivity (Wildman–Crippen MR) is 155 cm³/mol. The van der Waals surface area contributed by atoms with E-state index >= 15 is 0 Å². The van der Waals surface area contributed by atoms with E-state index in [1.807, 2.05) is 35.3 Å². The number of rotatable bonds is 10. The molecule has 0 aromatic heterocycles. The van der Waals surface area contributed by atoms with Crippen LogP contribution in [0.3, 0.4) is 0 Å². The molecule has 0 amide bonds. The molecule has 4 rings (SSSR count). The number of carboxylic acids is 1. The van der Waals surface area contributed by atoms with Gasteiger partial charge in [-0.15, -0.1) is 12.4 Å². The SMILES string of the molecule is CCN(CC)C1CCN(N2C(C(=O)O)=C(c3ccccc3C(C)C)C(c3c(OC)cccc3OC)[N+]2=C=O)C1.Cl. The van der Waals surface area contributed by atoms with E-state index in [1.54, 1.807) is 26.4 Å². The van der Waals surface area contributed by atoms with Crippen LogP contribution < -0.4 is 9.47 Å². The van der Waals surface area contributed by atoms with Gasteiger partial charge < -0.3 is 14.6 Å². The molecule has 2 atom stereocenters. The molecule has 10 heteroatoms. The van der Waals surface area contributed by atoms with Crippen LogP contribution in [-0.2, 0) is 9.59 Å². The Kier molecular flexibility index (Phi) is 10.4. The van der Waals surface area contributed by atoms with Crippen LogP contribution in [0.5, 0.6) is 11.5 Å². The van der Waals surface area contributed by atoms with Crippen molar-refractivity contribution < 1.29 is 28.9 Å². The summed E-state index contributed by atoms with van der Waals surface area (Å²) in [4.78, 5) is 28.4. The highest BCUT2D eigenvalue weighted by molar-refractivity contribution is 5.98. The minimum Gasteiger partial charge on any atom is -0.496 e. The Balaban J connectivity index is 0.00000441. The molecular formula is C30H40ClN4O5+. The number of methoxy groups -OCH3 is 2. The summed E-state index contributed by atoms with van der Waals surface area (Å²) in [7, 11) is 3.11. The molecule has 1 N–H and O–H groups in total. The van der Waals surface area contributed by atoms with E-state index in [-0.39, 0.29) is 30.1 Å². The number of hydrazine groups is 2. The molecule has 0 spiro atoms. The first-order valence-corrected chi connectivity index (χ1v) is 13.6. The predicted octanol–water partition coefficient (Wildman–Crippen LogP) is 4.70. The van der Waals surface area contributed by atoms with E-state index in [4.69, 9.17) is 9.47 Å². The van der Waals surface area contributed by atoms with Gasteiger partial charge in [-0.05, 0) is 53.4 Å². The molecule has 1 fully saturated rings. The molecule has 2 unspecified atom stereocenters. The number of likely N-dealkylation sites (N-methyl/N-ethyl adjacent to an activating group) is 1. The number of nitrogens with zero attached hydrogens (tertiary/aromatic N) is 4. The number of halogens is 1. The maximum Gasteiger partial charge on any atom is 0.458 e. The van der Waals surface area contributed by atoms with E-state index in [0.29, 0.717) is 35.7 Å². The Bertz CT molecular complexity index is 1280. The van der Waals surface area contributed by atoms with E-state index in [2.05, 4.69) is 38.7 Å². The third-order valence-corrected chi connectivity index (χ3v) is 7.82. The number of hydrogen-bond acceptors (Lipinski definition) is 7. The Hall–Kier alpha value is -3.36. The molecule has 216 valence electrons. The summed E-state index contributed by atoms with van der Waals surface area (Å²) in [5.41, 5.74) is 2.86. The lowest BCUT2D eigenvalue weighted by atomic mass is 9.85. The lowest BCUT2D eigenvalue weighted by Crippen LogP contribution is -2.47. The number of benzene rings is 2. The van der Waals surface area contributed by atoms with Crippen LogP contribution in [0.15, 0.2) is 48.2 Å². The average Bonchev–Trinajstić information content (AvgIpc) is 3.55. The number of ether oxygens (including phenoxy) is 2. The molecule has 0 bridgehead atoms. The summed E-state index contributed by atoms with van der Waals surface area (Å²) in [5.74, 6) is -0.0155. The van der Waals surface area contributed by atoms with Gasteiger partial charge in [0, 0.05) is 19.1 Å². The van der Waals surface area contributed by atoms with Crippen molar-refractivity contribution in [3.05, 3.63) is 64.9 Å². The van der Waals surface area contributed by atoms with Crippen LogP contribution in [0.25, 0.3) is 5.57 Å². The first kappa shape index (κ1) is 31.2. The molecule has 2 aromatic rings. The van der Waals surface area contributed by atoms with Crippen LogP contribution >= 0.6 is 12.4 Å². The second-order valence-electron chi connectivity index (χ2n) is 10.1. The van der Waals surface area contributed by atoms with Gasteiger partial charge in [-0.2, -0.15) is 9.80 Å². The number of carboxylic acid groups (broad SMARTS) is 1. The zero-order chi connectivity index (χ0) is 28.3. The van der Waals surface area contributed by atoms with Gasteiger partial charge in [-0.25, -0.2) is 4.79 Å². The smallest absolute Gasteiger partial charge is 0.458 e. The van der Waals surface area contributed by atoms with Crippen molar-refractivity contribution in [2.75, 3.05) is 40.4 Å². The Labute approximate surface area is 242 Å². The monoisotopic (exact) mass is 571 g/mol. The molecule has 0 saturated carbocycles. The minimum atomic E-state index is -1.12. The molecule has 1 saturated heterocycles. The van der Waals surface area contributed by atoms with Crippen molar-refractivity contribution in [2.24, 2.45) is 0 Å². The molecule has 2 aliphatic heterocycles. The van der Waals surface area contributed by atoms with Gasteiger partial charge >= 0.3 is 12.0 Å². The van der Waals surface area contributed by atoms with Crippen LogP contribution in [0, 0.1) is 0 Å². The van der Waals surface area contributed by atoms with Crippen LogP contribution in [0.4, 0.5) is 0 Å². The molecule has 2 heterocycles. The number of carbonyl (C=O) groups is 1. The van der Waals surface area contributed by atoms with Gasteiger partial charge in [0.1, 0.15) is 17.1 Å². The average molecular weight is 572 g/mol.